The molecule has 110 valence electrons. The van der Waals surface area contributed by atoms with Crippen molar-refractivity contribution in [3.05, 3.63) is 23.8 Å². The van der Waals surface area contributed by atoms with Crippen LogP contribution in [0, 0.1) is 0 Å². The molecule has 0 aliphatic carbocycles. The fourth-order valence-electron chi connectivity index (χ4n) is 1.95. The maximum atomic E-state index is 10.9. The van der Waals surface area contributed by atoms with Crippen LogP contribution in [0.2, 0.25) is 0 Å². The maximum absolute atomic E-state index is 10.9. The number of hydrogen-bond acceptors (Lipinski definition) is 5. The summed E-state index contributed by atoms with van der Waals surface area (Å²) >= 11 is 0. The third kappa shape index (κ3) is 3.40. The van der Waals surface area contributed by atoms with Crippen molar-refractivity contribution in [2.24, 2.45) is 0 Å². The predicted molar refractivity (Wildman–Crippen MR) is 70.4 cm³/mol. The lowest BCUT2D eigenvalue weighted by atomic mass is 10.2. The van der Waals surface area contributed by atoms with Gasteiger partial charge in [0.2, 0.25) is 0 Å². The van der Waals surface area contributed by atoms with Crippen molar-refractivity contribution in [3.63, 3.8) is 0 Å². The van der Waals surface area contributed by atoms with E-state index in [1.807, 2.05) is 13.8 Å². The van der Waals surface area contributed by atoms with Gasteiger partial charge in [0.25, 0.3) is 0 Å². The van der Waals surface area contributed by atoms with Gasteiger partial charge in [-0.15, -0.1) is 0 Å². The topological polar surface area (TPSA) is 74.2 Å². The number of benzene rings is 1. The van der Waals surface area contributed by atoms with Gasteiger partial charge in [0.05, 0.1) is 19.3 Å². The number of carboxylic acid groups (broad SMARTS) is 1. The summed E-state index contributed by atoms with van der Waals surface area (Å²) in [5.41, 5.74) is 0.149. The minimum atomic E-state index is -1.01. The summed E-state index contributed by atoms with van der Waals surface area (Å²) in [6.45, 7) is 4.46. The quantitative estimate of drug-likeness (QED) is 0.889. The lowest BCUT2D eigenvalue weighted by Crippen LogP contribution is -2.25. The Balaban J connectivity index is 2.01. The monoisotopic (exact) mass is 282 g/mol. The van der Waals surface area contributed by atoms with Gasteiger partial charge >= 0.3 is 5.97 Å². The van der Waals surface area contributed by atoms with Gasteiger partial charge in [0.15, 0.2) is 17.3 Å². The fourth-order valence-corrected chi connectivity index (χ4v) is 1.95. The van der Waals surface area contributed by atoms with Crippen LogP contribution in [-0.4, -0.2) is 43.3 Å². The summed E-state index contributed by atoms with van der Waals surface area (Å²) in [4.78, 5) is 10.9. The number of methoxy groups -OCH3 is 1. The molecule has 0 amide bonds. The Bertz CT molecular complexity index is 496. The van der Waals surface area contributed by atoms with Crippen molar-refractivity contribution >= 4 is 5.97 Å². The van der Waals surface area contributed by atoms with E-state index >= 15 is 0 Å². The van der Waals surface area contributed by atoms with E-state index in [0.717, 1.165) is 0 Å². The van der Waals surface area contributed by atoms with Gasteiger partial charge in [-0.25, -0.2) is 4.79 Å². The van der Waals surface area contributed by atoms with Gasteiger partial charge in [-0.2, -0.15) is 0 Å². The normalized spacial score (nSPS) is 20.6. The molecule has 1 heterocycles. The predicted octanol–water partition coefficient (Wildman–Crippen LogP) is 1.92. The van der Waals surface area contributed by atoms with Gasteiger partial charge < -0.3 is 24.1 Å². The molecule has 1 aliphatic rings. The highest BCUT2D eigenvalue weighted by molar-refractivity contribution is 5.88. The summed E-state index contributed by atoms with van der Waals surface area (Å²) in [6, 6.07) is 4.47. The number of carbonyl (C=O) groups is 1. The van der Waals surface area contributed by atoms with Gasteiger partial charge in [-0.05, 0) is 32.0 Å². The Morgan fingerprint density at radius 3 is 2.75 bits per heavy atom. The zero-order valence-corrected chi connectivity index (χ0v) is 11.7. The van der Waals surface area contributed by atoms with Gasteiger partial charge in [0.1, 0.15) is 12.7 Å². The van der Waals surface area contributed by atoms with Crippen LogP contribution < -0.4 is 9.47 Å². The second-order valence-electron chi connectivity index (χ2n) is 4.93. The molecule has 6 heteroatoms. The Kier molecular flexibility index (Phi) is 4.15. The van der Waals surface area contributed by atoms with Gasteiger partial charge in [0, 0.05) is 0 Å². The average Bonchev–Trinajstić information content (AvgIpc) is 2.75. The molecule has 0 unspecified atom stereocenters. The lowest BCUT2D eigenvalue weighted by molar-refractivity contribution is -0.141. The molecule has 1 atom stereocenters. The summed E-state index contributed by atoms with van der Waals surface area (Å²) in [7, 11) is 1.46. The van der Waals surface area contributed by atoms with Crippen molar-refractivity contribution in [1.82, 2.24) is 0 Å². The first-order valence-electron chi connectivity index (χ1n) is 6.27. The Morgan fingerprint density at radius 2 is 2.20 bits per heavy atom. The number of rotatable bonds is 5. The molecule has 1 fully saturated rings. The van der Waals surface area contributed by atoms with Crippen molar-refractivity contribution in [2.75, 3.05) is 20.3 Å². The molecule has 20 heavy (non-hydrogen) atoms. The molecule has 2 rings (SSSR count). The fraction of sp³-hybridized carbons (Fsp3) is 0.500. The van der Waals surface area contributed by atoms with Crippen LogP contribution in [0.15, 0.2) is 18.2 Å². The number of hydrogen-bond donors (Lipinski definition) is 1. The third-order valence-electron chi connectivity index (χ3n) is 2.90. The van der Waals surface area contributed by atoms with E-state index in [2.05, 4.69) is 0 Å². The van der Waals surface area contributed by atoms with Gasteiger partial charge in [-0.3, -0.25) is 0 Å². The first kappa shape index (κ1) is 14.6. The molecule has 1 aromatic rings. The minimum Gasteiger partial charge on any atom is -0.493 e. The van der Waals surface area contributed by atoms with Crippen LogP contribution in [0.4, 0.5) is 0 Å². The van der Waals surface area contributed by atoms with Crippen LogP contribution in [0.5, 0.6) is 11.5 Å². The number of carboxylic acids is 1. The summed E-state index contributed by atoms with van der Waals surface area (Å²) < 4.78 is 21.8. The molecular formula is C14H18O6. The average molecular weight is 282 g/mol. The SMILES string of the molecule is COc1cc(C(=O)O)ccc1OC[C@H]1COC(C)(C)O1. The number of ether oxygens (including phenoxy) is 4. The first-order valence-corrected chi connectivity index (χ1v) is 6.27. The molecule has 6 nitrogen and oxygen atoms in total. The van der Waals surface area contributed by atoms with E-state index in [9.17, 15) is 4.79 Å². The highest BCUT2D eigenvalue weighted by atomic mass is 16.7. The van der Waals surface area contributed by atoms with Crippen LogP contribution in [0.3, 0.4) is 0 Å². The highest BCUT2D eigenvalue weighted by Crippen LogP contribution is 2.29. The molecule has 1 aliphatic heterocycles. The maximum Gasteiger partial charge on any atom is 0.335 e. The van der Waals surface area contributed by atoms with E-state index in [0.29, 0.717) is 24.7 Å². The van der Waals surface area contributed by atoms with E-state index in [1.165, 1.54) is 19.2 Å². The van der Waals surface area contributed by atoms with Crippen LogP contribution in [-0.2, 0) is 9.47 Å². The summed E-state index contributed by atoms with van der Waals surface area (Å²) in [5.74, 6) is -0.747. The van der Waals surface area contributed by atoms with E-state index in [4.69, 9.17) is 24.1 Å². The van der Waals surface area contributed by atoms with Crippen molar-refractivity contribution < 1.29 is 28.8 Å². The largest absolute Gasteiger partial charge is 0.493 e. The molecule has 1 aromatic carbocycles. The summed E-state index contributed by atoms with van der Waals surface area (Å²) in [6.07, 6.45) is -0.158. The molecule has 1 saturated heterocycles. The molecule has 0 aromatic heterocycles. The third-order valence-corrected chi connectivity index (χ3v) is 2.90. The second kappa shape index (κ2) is 5.68. The Morgan fingerprint density at radius 1 is 1.45 bits per heavy atom. The molecule has 0 saturated carbocycles. The Labute approximate surface area is 117 Å². The minimum absolute atomic E-state index is 0.149. The zero-order chi connectivity index (χ0) is 14.8. The first-order chi connectivity index (χ1) is 9.41. The lowest BCUT2D eigenvalue weighted by Gasteiger charge is -2.18. The molecule has 0 spiro atoms. The molecule has 0 bridgehead atoms. The Hall–Kier alpha value is -1.79. The summed E-state index contributed by atoms with van der Waals surface area (Å²) in [5, 5.41) is 8.92. The van der Waals surface area contributed by atoms with Crippen molar-refractivity contribution in [2.45, 2.75) is 25.7 Å². The standard InChI is InChI=1S/C14H18O6/c1-14(2)19-8-10(20-14)7-18-11-5-4-9(13(15)16)6-12(11)17-3/h4-6,10H,7-8H2,1-3H3,(H,15,16)/t10-/m0/s1. The van der Waals surface area contributed by atoms with E-state index in [-0.39, 0.29) is 11.7 Å². The molecule has 0 radical (unpaired) electrons. The van der Waals surface area contributed by atoms with Crippen molar-refractivity contribution in [1.29, 1.82) is 0 Å². The molecular weight excluding hydrogens is 264 g/mol. The van der Waals surface area contributed by atoms with E-state index < -0.39 is 11.8 Å². The van der Waals surface area contributed by atoms with Gasteiger partial charge in [-0.1, -0.05) is 0 Å². The number of aromatic carboxylic acids is 1. The smallest absolute Gasteiger partial charge is 0.335 e. The second-order valence-corrected chi connectivity index (χ2v) is 4.93. The van der Waals surface area contributed by atoms with Crippen molar-refractivity contribution in [3.8, 4) is 11.5 Å². The van der Waals surface area contributed by atoms with Crippen LogP contribution in [0.25, 0.3) is 0 Å². The molecule has 1 N–H and O–H groups in total. The highest BCUT2D eigenvalue weighted by Gasteiger charge is 2.33. The van der Waals surface area contributed by atoms with Crippen LogP contribution >= 0.6 is 0 Å². The zero-order valence-electron chi connectivity index (χ0n) is 11.7. The van der Waals surface area contributed by atoms with Crippen LogP contribution in [0.1, 0.15) is 24.2 Å². The van der Waals surface area contributed by atoms with E-state index in [1.54, 1.807) is 6.07 Å².